The van der Waals surface area contributed by atoms with Crippen LogP contribution in [-0.4, -0.2) is 39.4 Å². The Morgan fingerprint density at radius 2 is 1.39 bits per heavy atom. The van der Waals surface area contributed by atoms with E-state index in [9.17, 15) is 33.4 Å². The monoisotopic (exact) mass is 358 g/mol. The first-order chi connectivity index (χ1) is 10.6. The SMILES string of the molecule is O=[N+]([O-])C1CC(C(F)(F)C2CCC(Cl)C([N+](=O)[O-])C2)CCC1F. The molecule has 23 heavy (non-hydrogen) atoms. The van der Waals surface area contributed by atoms with Crippen molar-refractivity contribution in [3.63, 3.8) is 0 Å². The fraction of sp³-hybridized carbons (Fsp3) is 1.00. The minimum Gasteiger partial charge on any atom is -0.264 e. The largest absolute Gasteiger partial charge is 0.264 e. The van der Waals surface area contributed by atoms with Crippen LogP contribution in [0.2, 0.25) is 0 Å². The third-order valence-electron chi connectivity index (χ3n) is 5.10. The van der Waals surface area contributed by atoms with Crippen molar-refractivity contribution >= 4 is 11.6 Å². The number of hydrogen-bond donors (Lipinski definition) is 0. The van der Waals surface area contributed by atoms with Crippen LogP contribution in [0.4, 0.5) is 13.2 Å². The Kier molecular flexibility index (Phi) is 5.37. The summed E-state index contributed by atoms with van der Waals surface area (Å²) in [5, 5.41) is 21.0. The van der Waals surface area contributed by atoms with Crippen LogP contribution in [0.5, 0.6) is 0 Å². The predicted octanol–water partition coefficient (Wildman–Crippen LogP) is 3.46. The zero-order chi connectivity index (χ0) is 17.4. The molecule has 0 aromatic rings. The molecular formula is C13H18ClF3N2O4. The van der Waals surface area contributed by atoms with Gasteiger partial charge in [-0.15, -0.1) is 11.6 Å². The lowest BCUT2D eigenvalue weighted by Gasteiger charge is -2.39. The van der Waals surface area contributed by atoms with Gasteiger partial charge in [-0.05, 0) is 25.7 Å². The van der Waals surface area contributed by atoms with E-state index in [0.717, 1.165) is 0 Å². The molecule has 2 saturated carbocycles. The minimum atomic E-state index is -3.29. The molecular weight excluding hydrogens is 341 g/mol. The molecule has 0 saturated heterocycles. The minimum absolute atomic E-state index is 0.0319. The summed E-state index contributed by atoms with van der Waals surface area (Å²) in [4.78, 5) is 20.3. The highest BCUT2D eigenvalue weighted by Gasteiger charge is 2.55. The van der Waals surface area contributed by atoms with E-state index in [1.54, 1.807) is 0 Å². The Morgan fingerprint density at radius 1 is 0.913 bits per heavy atom. The molecule has 132 valence electrons. The smallest absolute Gasteiger partial charge is 0.254 e. The number of alkyl halides is 4. The zero-order valence-corrected chi connectivity index (χ0v) is 13.0. The molecule has 6 atom stereocenters. The van der Waals surface area contributed by atoms with E-state index in [0.29, 0.717) is 0 Å². The number of nitrogens with zero attached hydrogens (tertiary/aromatic N) is 2. The van der Waals surface area contributed by atoms with Crippen molar-refractivity contribution in [2.75, 3.05) is 0 Å². The molecule has 10 heteroatoms. The number of hydrogen-bond acceptors (Lipinski definition) is 4. The Hall–Kier alpha value is -1.12. The summed E-state index contributed by atoms with van der Waals surface area (Å²) in [7, 11) is 0. The molecule has 0 aromatic heterocycles. The van der Waals surface area contributed by atoms with Gasteiger partial charge in [0, 0.05) is 34.5 Å². The topological polar surface area (TPSA) is 86.3 Å². The molecule has 0 aromatic carbocycles. The van der Waals surface area contributed by atoms with E-state index in [2.05, 4.69) is 0 Å². The van der Waals surface area contributed by atoms with Crippen molar-refractivity contribution in [1.82, 2.24) is 0 Å². The lowest BCUT2D eigenvalue weighted by molar-refractivity contribution is -0.538. The molecule has 0 N–H and O–H groups in total. The van der Waals surface area contributed by atoms with Crippen molar-refractivity contribution in [1.29, 1.82) is 0 Å². The molecule has 0 radical (unpaired) electrons. The second kappa shape index (κ2) is 6.78. The van der Waals surface area contributed by atoms with Crippen molar-refractivity contribution in [2.45, 2.75) is 68.1 Å². The second-order valence-corrected chi connectivity index (χ2v) is 6.99. The summed E-state index contributed by atoms with van der Waals surface area (Å²) < 4.78 is 43.0. The van der Waals surface area contributed by atoms with Crippen LogP contribution in [0.1, 0.15) is 38.5 Å². The highest BCUT2D eigenvalue weighted by molar-refractivity contribution is 6.21. The number of rotatable bonds is 4. The van der Waals surface area contributed by atoms with Gasteiger partial charge in [-0.2, -0.15) is 0 Å². The van der Waals surface area contributed by atoms with Gasteiger partial charge in [-0.25, -0.2) is 13.2 Å². The van der Waals surface area contributed by atoms with Gasteiger partial charge in [0.15, 0.2) is 6.17 Å². The third kappa shape index (κ3) is 3.70. The van der Waals surface area contributed by atoms with Gasteiger partial charge in [0.1, 0.15) is 5.38 Å². The van der Waals surface area contributed by atoms with Crippen LogP contribution < -0.4 is 0 Å². The van der Waals surface area contributed by atoms with Gasteiger partial charge in [0.2, 0.25) is 12.1 Å². The average Bonchev–Trinajstić information content (AvgIpc) is 2.47. The number of nitro groups is 2. The third-order valence-corrected chi connectivity index (χ3v) is 5.61. The van der Waals surface area contributed by atoms with E-state index in [1.165, 1.54) is 0 Å². The van der Waals surface area contributed by atoms with Crippen molar-refractivity contribution in [3.05, 3.63) is 20.2 Å². The van der Waals surface area contributed by atoms with E-state index >= 15 is 0 Å². The Bertz CT molecular complexity index is 442. The van der Waals surface area contributed by atoms with Crippen molar-refractivity contribution in [3.8, 4) is 0 Å². The number of halogens is 4. The van der Waals surface area contributed by atoms with Crippen molar-refractivity contribution in [2.24, 2.45) is 11.8 Å². The first-order valence-electron chi connectivity index (χ1n) is 7.57. The summed E-state index contributed by atoms with van der Waals surface area (Å²) in [6.07, 6.45) is -2.91. The second-order valence-electron chi connectivity index (χ2n) is 6.43. The van der Waals surface area contributed by atoms with Crippen LogP contribution in [0, 0.1) is 32.1 Å². The van der Waals surface area contributed by atoms with Crippen LogP contribution in [0.3, 0.4) is 0 Å². The fourth-order valence-electron chi connectivity index (χ4n) is 3.69. The molecule has 2 rings (SSSR count). The van der Waals surface area contributed by atoms with Crippen LogP contribution >= 0.6 is 11.6 Å². The van der Waals surface area contributed by atoms with Gasteiger partial charge in [-0.3, -0.25) is 20.2 Å². The molecule has 0 bridgehead atoms. The highest BCUT2D eigenvalue weighted by Crippen LogP contribution is 2.48. The summed E-state index contributed by atoms with van der Waals surface area (Å²) in [6.45, 7) is 0. The molecule has 6 unspecified atom stereocenters. The molecule has 2 fully saturated rings. The van der Waals surface area contributed by atoms with E-state index < -0.39 is 57.7 Å². The van der Waals surface area contributed by atoms with Gasteiger partial charge >= 0.3 is 0 Å². The normalized spacial score (nSPS) is 39.0. The summed E-state index contributed by atoms with van der Waals surface area (Å²) in [5.74, 6) is -5.87. The lowest BCUT2D eigenvalue weighted by atomic mass is 9.72. The first kappa shape index (κ1) is 18.2. The van der Waals surface area contributed by atoms with E-state index in [1.807, 2.05) is 0 Å². The maximum atomic E-state index is 14.7. The van der Waals surface area contributed by atoms with Gasteiger partial charge in [0.25, 0.3) is 5.92 Å². The van der Waals surface area contributed by atoms with Crippen LogP contribution in [-0.2, 0) is 0 Å². The Morgan fingerprint density at radius 3 is 1.91 bits per heavy atom. The molecule has 0 aliphatic heterocycles. The summed E-state index contributed by atoms with van der Waals surface area (Å²) >= 11 is 5.84. The zero-order valence-electron chi connectivity index (χ0n) is 12.2. The highest BCUT2D eigenvalue weighted by atomic mass is 35.5. The molecule has 0 spiro atoms. The average molecular weight is 359 g/mol. The molecule has 0 heterocycles. The maximum absolute atomic E-state index is 14.7. The van der Waals surface area contributed by atoms with E-state index in [4.69, 9.17) is 11.6 Å². The Labute approximate surface area is 135 Å². The van der Waals surface area contributed by atoms with Gasteiger partial charge in [-0.1, -0.05) is 0 Å². The van der Waals surface area contributed by atoms with Gasteiger partial charge < -0.3 is 0 Å². The van der Waals surface area contributed by atoms with E-state index in [-0.39, 0.29) is 32.1 Å². The molecule has 2 aliphatic carbocycles. The summed E-state index contributed by atoms with van der Waals surface area (Å²) in [6, 6.07) is -2.87. The molecule has 0 amide bonds. The summed E-state index contributed by atoms with van der Waals surface area (Å²) in [5.41, 5.74) is 0. The van der Waals surface area contributed by atoms with Crippen LogP contribution in [0.25, 0.3) is 0 Å². The lowest BCUT2D eigenvalue weighted by Crippen LogP contribution is -2.49. The standard InChI is InChI=1S/C13H18ClF3N2O4/c14-9-3-1-7(5-11(9)18(20)21)13(16,17)8-2-4-10(15)12(6-8)19(22)23/h7-12H,1-6H2. The van der Waals surface area contributed by atoms with Crippen molar-refractivity contribution < 1.29 is 23.0 Å². The first-order valence-corrected chi connectivity index (χ1v) is 8.01. The van der Waals surface area contributed by atoms with Crippen LogP contribution in [0.15, 0.2) is 0 Å². The quantitative estimate of drug-likeness (QED) is 0.437. The maximum Gasteiger partial charge on any atom is 0.254 e. The predicted molar refractivity (Wildman–Crippen MR) is 75.7 cm³/mol. The van der Waals surface area contributed by atoms with Gasteiger partial charge in [0.05, 0.1) is 0 Å². The Balaban J connectivity index is 2.11. The molecule has 6 nitrogen and oxygen atoms in total. The molecule has 2 aliphatic rings. The fourth-order valence-corrected chi connectivity index (χ4v) is 4.01.